The Labute approximate surface area is 139 Å². The van der Waals surface area contributed by atoms with E-state index < -0.39 is 11.8 Å². The highest BCUT2D eigenvalue weighted by Gasteiger charge is 2.24. The molecule has 3 rings (SSSR count). The lowest BCUT2D eigenvalue weighted by Gasteiger charge is -2.04. The minimum absolute atomic E-state index is 0.0893. The molecule has 0 fully saturated rings. The third-order valence-corrected chi connectivity index (χ3v) is 4.43. The van der Waals surface area contributed by atoms with Crippen LogP contribution in [0.3, 0.4) is 0 Å². The van der Waals surface area contributed by atoms with Crippen molar-refractivity contribution in [3.05, 3.63) is 51.6 Å². The van der Waals surface area contributed by atoms with Crippen molar-refractivity contribution in [1.29, 1.82) is 0 Å². The molecule has 2 aromatic heterocycles. The number of halogens is 1. The van der Waals surface area contributed by atoms with Gasteiger partial charge in [-0.1, -0.05) is 12.1 Å². The molecule has 0 aliphatic carbocycles. The highest BCUT2D eigenvalue weighted by molar-refractivity contribution is 9.10. The van der Waals surface area contributed by atoms with E-state index in [4.69, 9.17) is 14.6 Å². The van der Waals surface area contributed by atoms with Crippen LogP contribution in [0.5, 0.6) is 0 Å². The molecule has 118 valence electrons. The summed E-state index contributed by atoms with van der Waals surface area (Å²) in [5.74, 6) is -0.190. The summed E-state index contributed by atoms with van der Waals surface area (Å²) in [5.41, 5.74) is 6.43. The first-order valence-electron chi connectivity index (χ1n) is 6.78. The van der Waals surface area contributed by atoms with E-state index in [0.717, 1.165) is 0 Å². The lowest BCUT2D eigenvalue weighted by molar-refractivity contribution is 0.0977. The van der Waals surface area contributed by atoms with Gasteiger partial charge >= 0.3 is 0 Å². The number of anilines is 1. The van der Waals surface area contributed by atoms with E-state index in [1.807, 2.05) is 0 Å². The lowest BCUT2D eigenvalue weighted by Crippen LogP contribution is -2.17. The maximum absolute atomic E-state index is 12.6. The van der Waals surface area contributed by atoms with Gasteiger partial charge < -0.3 is 19.9 Å². The second-order valence-electron chi connectivity index (χ2n) is 5.02. The molecule has 0 spiro atoms. The van der Waals surface area contributed by atoms with Crippen molar-refractivity contribution < 1.29 is 18.4 Å². The van der Waals surface area contributed by atoms with Crippen molar-refractivity contribution >= 4 is 44.4 Å². The zero-order valence-electron chi connectivity index (χ0n) is 12.4. The quantitative estimate of drug-likeness (QED) is 0.726. The van der Waals surface area contributed by atoms with Gasteiger partial charge in [0.05, 0.1) is 10.0 Å². The number of nitrogens with one attached hydrogen (secondary N) is 1. The molecular formula is C16H13BrN2O4. The Bertz CT molecular complexity index is 939. The van der Waals surface area contributed by atoms with Crippen LogP contribution in [0.1, 0.15) is 32.4 Å². The first-order chi connectivity index (χ1) is 10.9. The zero-order chi connectivity index (χ0) is 16.7. The number of benzene rings is 1. The summed E-state index contributed by atoms with van der Waals surface area (Å²) in [6.45, 7) is 3.44. The first-order valence-corrected chi connectivity index (χ1v) is 7.57. The van der Waals surface area contributed by atoms with E-state index in [1.54, 1.807) is 38.1 Å². The Morgan fingerprint density at radius 3 is 2.43 bits per heavy atom. The smallest absolute Gasteiger partial charge is 0.286 e. The van der Waals surface area contributed by atoms with Crippen LogP contribution in [0.15, 0.2) is 37.6 Å². The van der Waals surface area contributed by atoms with E-state index in [0.29, 0.717) is 32.5 Å². The molecule has 0 bridgehead atoms. The molecule has 2 heterocycles. The van der Waals surface area contributed by atoms with E-state index in [1.165, 1.54) is 0 Å². The molecule has 0 saturated heterocycles. The standard InChI is InChI=1S/C16H13BrN2O4/c1-7-11(12(17)8(2)22-7)16(21)19-13-9-5-3-4-6-10(9)23-14(13)15(18)20/h3-6H,1-2H3,(H2,18,20)(H,19,21). The summed E-state index contributed by atoms with van der Waals surface area (Å²) >= 11 is 3.33. The van der Waals surface area contributed by atoms with Crippen LogP contribution in [0.2, 0.25) is 0 Å². The van der Waals surface area contributed by atoms with Gasteiger partial charge in [0.15, 0.2) is 0 Å². The molecule has 0 unspecified atom stereocenters. The van der Waals surface area contributed by atoms with Crippen molar-refractivity contribution in [2.75, 3.05) is 5.32 Å². The highest BCUT2D eigenvalue weighted by Crippen LogP contribution is 2.33. The fourth-order valence-corrected chi connectivity index (χ4v) is 2.97. The van der Waals surface area contributed by atoms with Gasteiger partial charge in [-0.2, -0.15) is 0 Å². The Hall–Kier alpha value is -2.54. The average molecular weight is 377 g/mol. The predicted molar refractivity (Wildman–Crippen MR) is 88.6 cm³/mol. The highest BCUT2D eigenvalue weighted by atomic mass is 79.9. The molecule has 1 aromatic carbocycles. The van der Waals surface area contributed by atoms with Crippen LogP contribution in [0.25, 0.3) is 11.0 Å². The minimum Gasteiger partial charge on any atom is -0.465 e. The molecule has 6 nitrogen and oxygen atoms in total. The molecule has 3 N–H and O–H groups in total. The summed E-state index contributed by atoms with van der Waals surface area (Å²) in [6, 6.07) is 6.98. The predicted octanol–water partition coefficient (Wildman–Crippen LogP) is 3.76. The van der Waals surface area contributed by atoms with Crippen LogP contribution in [0, 0.1) is 13.8 Å². The van der Waals surface area contributed by atoms with Crippen LogP contribution in [0.4, 0.5) is 5.69 Å². The first kappa shape index (κ1) is 15.4. The second kappa shape index (κ2) is 5.58. The molecular weight excluding hydrogens is 364 g/mol. The van der Waals surface area contributed by atoms with Crippen molar-refractivity contribution in [2.24, 2.45) is 5.73 Å². The monoisotopic (exact) mass is 376 g/mol. The van der Waals surface area contributed by atoms with Crippen molar-refractivity contribution in [1.82, 2.24) is 0 Å². The molecule has 0 saturated carbocycles. The van der Waals surface area contributed by atoms with Gasteiger partial charge in [0.2, 0.25) is 5.76 Å². The fraction of sp³-hybridized carbons (Fsp3) is 0.125. The summed E-state index contributed by atoms with van der Waals surface area (Å²) in [5, 5.41) is 3.30. The number of hydrogen-bond acceptors (Lipinski definition) is 4. The van der Waals surface area contributed by atoms with E-state index in [-0.39, 0.29) is 11.4 Å². The maximum Gasteiger partial charge on any atom is 0.286 e. The summed E-state index contributed by atoms with van der Waals surface area (Å²) in [7, 11) is 0. The van der Waals surface area contributed by atoms with Crippen LogP contribution < -0.4 is 11.1 Å². The zero-order valence-corrected chi connectivity index (χ0v) is 14.0. The molecule has 2 amide bonds. The van der Waals surface area contributed by atoms with Crippen molar-refractivity contribution in [3.8, 4) is 0 Å². The minimum atomic E-state index is -0.754. The molecule has 23 heavy (non-hydrogen) atoms. The SMILES string of the molecule is Cc1oc(C)c(C(=O)Nc2c(C(N)=O)oc3ccccc23)c1Br. The van der Waals surface area contributed by atoms with Crippen molar-refractivity contribution in [2.45, 2.75) is 13.8 Å². The number of aryl methyl sites for hydroxylation is 2. The van der Waals surface area contributed by atoms with Gasteiger partial charge in [0.1, 0.15) is 22.8 Å². The molecule has 7 heteroatoms. The van der Waals surface area contributed by atoms with E-state index in [2.05, 4.69) is 21.2 Å². The van der Waals surface area contributed by atoms with E-state index >= 15 is 0 Å². The van der Waals surface area contributed by atoms with Gasteiger partial charge in [-0.25, -0.2) is 0 Å². The van der Waals surface area contributed by atoms with Crippen LogP contribution in [-0.2, 0) is 0 Å². The van der Waals surface area contributed by atoms with Gasteiger partial charge in [0, 0.05) is 5.39 Å². The van der Waals surface area contributed by atoms with Crippen LogP contribution >= 0.6 is 15.9 Å². The number of amides is 2. The number of carbonyl (C=O) groups is 2. The number of carbonyl (C=O) groups excluding carboxylic acids is 2. The second-order valence-corrected chi connectivity index (χ2v) is 5.82. The third kappa shape index (κ3) is 2.53. The molecule has 0 aliphatic heterocycles. The Balaban J connectivity index is 2.09. The average Bonchev–Trinajstić information content (AvgIpc) is 2.98. The van der Waals surface area contributed by atoms with E-state index in [9.17, 15) is 9.59 Å². The number of rotatable bonds is 3. The number of fused-ring (bicyclic) bond motifs is 1. The van der Waals surface area contributed by atoms with Gasteiger partial charge in [0.25, 0.3) is 11.8 Å². The molecule has 0 atom stereocenters. The summed E-state index contributed by atoms with van der Waals surface area (Å²) < 4.78 is 11.4. The Kier molecular flexibility index (Phi) is 3.73. The normalized spacial score (nSPS) is 10.9. The lowest BCUT2D eigenvalue weighted by atomic mass is 10.2. The number of para-hydroxylation sites is 1. The van der Waals surface area contributed by atoms with Crippen LogP contribution in [-0.4, -0.2) is 11.8 Å². The Morgan fingerprint density at radius 2 is 1.83 bits per heavy atom. The van der Waals surface area contributed by atoms with Gasteiger partial charge in [-0.15, -0.1) is 0 Å². The maximum atomic E-state index is 12.6. The fourth-order valence-electron chi connectivity index (χ4n) is 2.43. The number of furan rings is 2. The largest absolute Gasteiger partial charge is 0.465 e. The number of nitrogens with two attached hydrogens (primary N) is 1. The number of primary amides is 1. The summed E-state index contributed by atoms with van der Waals surface area (Å²) in [4.78, 5) is 24.2. The Morgan fingerprint density at radius 1 is 1.13 bits per heavy atom. The topological polar surface area (TPSA) is 98.5 Å². The number of hydrogen-bond donors (Lipinski definition) is 2. The van der Waals surface area contributed by atoms with Gasteiger partial charge in [-0.05, 0) is 41.9 Å². The molecule has 0 radical (unpaired) electrons. The third-order valence-electron chi connectivity index (χ3n) is 3.47. The molecule has 3 aromatic rings. The summed E-state index contributed by atoms with van der Waals surface area (Å²) in [6.07, 6.45) is 0. The van der Waals surface area contributed by atoms with Gasteiger partial charge in [-0.3, -0.25) is 9.59 Å². The molecule has 0 aliphatic rings. The van der Waals surface area contributed by atoms with Crippen molar-refractivity contribution in [3.63, 3.8) is 0 Å².